The predicted octanol–water partition coefficient (Wildman–Crippen LogP) is 4.42. The first-order valence-corrected chi connectivity index (χ1v) is 8.01. The fourth-order valence-electron chi connectivity index (χ4n) is 1.87. The molecule has 2 aromatic carbocycles. The van der Waals surface area contributed by atoms with Crippen molar-refractivity contribution in [2.45, 2.75) is 6.92 Å². The first-order valence-electron chi connectivity index (χ1n) is 6.84. The Hall–Kier alpha value is -2.02. The van der Waals surface area contributed by atoms with Crippen LogP contribution in [0.1, 0.15) is 12.5 Å². The van der Waals surface area contributed by atoms with E-state index < -0.39 is 0 Å². The molecule has 0 aliphatic heterocycles. The zero-order valence-corrected chi connectivity index (χ0v) is 15.3. The lowest BCUT2D eigenvalue weighted by atomic mass is 10.1. The maximum Gasteiger partial charge on any atom is 0.191 e. The van der Waals surface area contributed by atoms with Gasteiger partial charge in [0.2, 0.25) is 0 Å². The predicted molar refractivity (Wildman–Crippen MR) is 103 cm³/mol. The van der Waals surface area contributed by atoms with Gasteiger partial charge in [-0.3, -0.25) is 5.43 Å². The van der Waals surface area contributed by atoms with Crippen LogP contribution in [0, 0.1) is 0 Å². The van der Waals surface area contributed by atoms with Crippen molar-refractivity contribution in [2.75, 3.05) is 12.4 Å². The highest BCUT2D eigenvalue weighted by Crippen LogP contribution is 2.25. The van der Waals surface area contributed by atoms with Crippen molar-refractivity contribution in [3.63, 3.8) is 0 Å². The highest BCUT2D eigenvalue weighted by Gasteiger charge is 2.07. The van der Waals surface area contributed by atoms with Gasteiger partial charge in [-0.1, -0.05) is 23.2 Å². The topological polar surface area (TPSA) is 65.9 Å². The van der Waals surface area contributed by atoms with Crippen LogP contribution in [0.3, 0.4) is 0 Å². The number of nitrogens with one attached hydrogen (secondary N) is 2. The Kier molecular flexibility index (Phi) is 6.25. The molecule has 0 saturated heterocycles. The average molecular weight is 384 g/mol. The van der Waals surface area contributed by atoms with Gasteiger partial charge >= 0.3 is 0 Å². The highest BCUT2D eigenvalue weighted by molar-refractivity contribution is 7.80. The molecule has 0 spiro atoms. The highest BCUT2D eigenvalue weighted by atomic mass is 35.5. The molecule has 0 atom stereocenters. The average Bonchev–Trinajstić information content (AvgIpc) is 2.56. The van der Waals surface area contributed by atoms with Crippen LogP contribution in [-0.2, 0) is 0 Å². The third-order valence-electron chi connectivity index (χ3n) is 3.10. The molecule has 0 heterocycles. The zero-order chi connectivity index (χ0) is 17.7. The summed E-state index contributed by atoms with van der Waals surface area (Å²) in [6, 6.07) is 10.0. The summed E-state index contributed by atoms with van der Waals surface area (Å²) in [4.78, 5) is 0. The van der Waals surface area contributed by atoms with E-state index in [-0.39, 0.29) is 10.9 Å². The van der Waals surface area contributed by atoms with Gasteiger partial charge in [0.15, 0.2) is 5.11 Å². The Labute approximate surface area is 155 Å². The number of phenolic OH excluding ortho intramolecular Hbond substituents is 1. The molecular weight excluding hydrogens is 369 g/mol. The largest absolute Gasteiger partial charge is 0.507 e. The van der Waals surface area contributed by atoms with Crippen molar-refractivity contribution in [1.82, 2.24) is 5.43 Å². The lowest BCUT2D eigenvalue weighted by Crippen LogP contribution is -2.25. The van der Waals surface area contributed by atoms with Crippen molar-refractivity contribution >= 4 is 51.9 Å². The van der Waals surface area contributed by atoms with Gasteiger partial charge in [-0.15, -0.1) is 0 Å². The third-order valence-corrected chi connectivity index (χ3v) is 4.03. The summed E-state index contributed by atoms with van der Waals surface area (Å²) in [5.74, 6) is 0.634. The molecule has 0 amide bonds. The number of thiocarbonyl (C=S) groups is 1. The van der Waals surface area contributed by atoms with Gasteiger partial charge in [0.05, 0.1) is 22.9 Å². The van der Waals surface area contributed by atoms with Gasteiger partial charge in [0.1, 0.15) is 11.5 Å². The Morgan fingerprint density at radius 2 is 1.92 bits per heavy atom. The molecule has 2 rings (SSSR count). The molecule has 126 valence electrons. The molecule has 0 saturated carbocycles. The zero-order valence-electron chi connectivity index (χ0n) is 12.9. The monoisotopic (exact) mass is 383 g/mol. The molecule has 0 aromatic heterocycles. The number of hydrogen-bond donors (Lipinski definition) is 3. The molecule has 2 aromatic rings. The van der Waals surface area contributed by atoms with E-state index in [1.54, 1.807) is 37.3 Å². The Bertz CT molecular complexity index is 797. The molecule has 0 radical (unpaired) electrons. The molecule has 3 N–H and O–H groups in total. The minimum atomic E-state index is 0.0701. The van der Waals surface area contributed by atoms with Crippen molar-refractivity contribution in [2.24, 2.45) is 5.10 Å². The molecular formula is C16H15Cl2N3O2S. The summed E-state index contributed by atoms with van der Waals surface area (Å²) in [5, 5.41) is 18.2. The standard InChI is InChI=1S/C16H15Cl2N3O2S/c1-9(12-5-4-11(23-2)8-15(12)22)20-21-16(24)19-10-3-6-13(17)14(18)7-10/h3-8,22H,1-2H3,(H2,19,21,24). The Balaban J connectivity index is 2.03. The van der Waals surface area contributed by atoms with Crippen LogP contribution >= 0.6 is 35.4 Å². The molecule has 0 unspecified atom stereocenters. The van der Waals surface area contributed by atoms with Gasteiger partial charge in [0, 0.05) is 17.3 Å². The number of halogens is 2. The number of anilines is 1. The first kappa shape index (κ1) is 18.3. The van der Waals surface area contributed by atoms with Gasteiger partial charge in [-0.2, -0.15) is 5.10 Å². The van der Waals surface area contributed by atoms with Gasteiger partial charge in [-0.05, 0) is 49.5 Å². The molecule has 8 heteroatoms. The van der Waals surface area contributed by atoms with E-state index in [4.69, 9.17) is 40.2 Å². The fraction of sp³-hybridized carbons (Fsp3) is 0.125. The van der Waals surface area contributed by atoms with Crippen LogP contribution in [-0.4, -0.2) is 23.0 Å². The molecule has 0 aliphatic rings. The minimum Gasteiger partial charge on any atom is -0.507 e. The van der Waals surface area contributed by atoms with E-state index in [2.05, 4.69) is 15.8 Å². The SMILES string of the molecule is COc1ccc(C(C)=NNC(=S)Nc2ccc(Cl)c(Cl)c2)c(O)c1. The second-order valence-corrected chi connectivity index (χ2v) is 6.00. The summed E-state index contributed by atoms with van der Waals surface area (Å²) in [7, 11) is 1.53. The van der Waals surface area contributed by atoms with E-state index in [1.165, 1.54) is 13.2 Å². The van der Waals surface area contributed by atoms with E-state index >= 15 is 0 Å². The summed E-state index contributed by atoms with van der Waals surface area (Å²) >= 11 is 17.0. The summed E-state index contributed by atoms with van der Waals surface area (Å²) in [6.07, 6.45) is 0. The Morgan fingerprint density at radius 3 is 2.54 bits per heavy atom. The van der Waals surface area contributed by atoms with Crippen LogP contribution in [0.4, 0.5) is 5.69 Å². The van der Waals surface area contributed by atoms with Crippen LogP contribution in [0.15, 0.2) is 41.5 Å². The number of rotatable bonds is 4. The molecule has 0 aliphatic carbocycles. The number of methoxy groups -OCH3 is 1. The smallest absolute Gasteiger partial charge is 0.191 e. The molecule has 0 fully saturated rings. The second-order valence-electron chi connectivity index (χ2n) is 4.78. The molecule has 5 nitrogen and oxygen atoms in total. The van der Waals surface area contributed by atoms with Crippen LogP contribution in [0.2, 0.25) is 10.0 Å². The minimum absolute atomic E-state index is 0.0701. The summed E-state index contributed by atoms with van der Waals surface area (Å²) in [6.45, 7) is 1.75. The number of hydrogen-bond acceptors (Lipinski definition) is 4. The lowest BCUT2D eigenvalue weighted by Gasteiger charge is -2.10. The maximum atomic E-state index is 9.99. The number of phenols is 1. The number of benzene rings is 2. The quantitative estimate of drug-likeness (QED) is 0.414. The van der Waals surface area contributed by atoms with E-state index in [9.17, 15) is 5.11 Å². The molecule has 24 heavy (non-hydrogen) atoms. The second kappa shape index (κ2) is 8.19. The van der Waals surface area contributed by atoms with Crippen molar-refractivity contribution in [3.05, 3.63) is 52.0 Å². The van der Waals surface area contributed by atoms with Gasteiger partial charge in [0.25, 0.3) is 0 Å². The number of nitrogens with zero attached hydrogens (tertiary/aromatic N) is 1. The van der Waals surface area contributed by atoms with E-state index in [1.807, 2.05) is 0 Å². The Morgan fingerprint density at radius 1 is 1.17 bits per heavy atom. The third kappa shape index (κ3) is 4.74. The maximum absolute atomic E-state index is 9.99. The van der Waals surface area contributed by atoms with Crippen molar-refractivity contribution in [1.29, 1.82) is 0 Å². The van der Waals surface area contributed by atoms with Gasteiger partial charge < -0.3 is 15.2 Å². The first-order chi connectivity index (χ1) is 11.4. The summed E-state index contributed by atoms with van der Waals surface area (Å²) in [5.41, 5.74) is 4.53. The van der Waals surface area contributed by atoms with E-state index in [0.29, 0.717) is 32.8 Å². The van der Waals surface area contributed by atoms with Gasteiger partial charge in [-0.25, -0.2) is 0 Å². The lowest BCUT2D eigenvalue weighted by molar-refractivity contribution is 0.407. The number of hydrazone groups is 1. The normalized spacial score (nSPS) is 11.1. The van der Waals surface area contributed by atoms with Crippen LogP contribution in [0.25, 0.3) is 0 Å². The van der Waals surface area contributed by atoms with Crippen LogP contribution in [0.5, 0.6) is 11.5 Å². The van der Waals surface area contributed by atoms with Crippen molar-refractivity contribution in [3.8, 4) is 11.5 Å². The number of ether oxygens (including phenoxy) is 1. The van der Waals surface area contributed by atoms with Crippen molar-refractivity contribution < 1.29 is 9.84 Å². The van der Waals surface area contributed by atoms with Crippen LogP contribution < -0.4 is 15.5 Å². The molecule has 0 bridgehead atoms. The van der Waals surface area contributed by atoms with E-state index in [0.717, 1.165) is 0 Å². The summed E-state index contributed by atoms with van der Waals surface area (Å²) < 4.78 is 5.05. The number of aromatic hydroxyl groups is 1. The fourth-order valence-corrected chi connectivity index (χ4v) is 2.33.